The molecule has 1 saturated carbocycles. The SMILES string of the molecule is Cc1cc(C)c(C)c(S(=O)(=O)N(CC(=O)O)C2CC2)c1C. The van der Waals surface area contributed by atoms with Crippen LogP contribution in [0, 0.1) is 27.7 Å². The summed E-state index contributed by atoms with van der Waals surface area (Å²) in [6.07, 6.45) is 1.46. The third-order valence-corrected chi connectivity index (χ3v) is 6.28. The van der Waals surface area contributed by atoms with Gasteiger partial charge in [0.15, 0.2) is 0 Å². The van der Waals surface area contributed by atoms with Crippen LogP contribution in [0.3, 0.4) is 0 Å². The first-order valence-electron chi connectivity index (χ1n) is 6.97. The molecule has 1 aromatic rings. The van der Waals surface area contributed by atoms with Crippen molar-refractivity contribution in [3.8, 4) is 0 Å². The number of hydrogen-bond donors (Lipinski definition) is 1. The van der Waals surface area contributed by atoms with E-state index in [4.69, 9.17) is 5.11 Å². The molecule has 21 heavy (non-hydrogen) atoms. The molecule has 1 aromatic carbocycles. The molecule has 0 aromatic heterocycles. The number of carboxylic acids is 1. The minimum Gasteiger partial charge on any atom is -0.480 e. The Morgan fingerprint density at radius 1 is 1.19 bits per heavy atom. The Balaban J connectivity index is 2.60. The number of aryl methyl sites for hydroxylation is 2. The van der Waals surface area contributed by atoms with E-state index in [1.807, 2.05) is 19.9 Å². The molecule has 1 aliphatic rings. The largest absolute Gasteiger partial charge is 0.480 e. The molecule has 0 aliphatic heterocycles. The number of benzene rings is 1. The molecule has 5 nitrogen and oxygen atoms in total. The fourth-order valence-electron chi connectivity index (χ4n) is 2.59. The molecular formula is C15H21NO4S. The maximum atomic E-state index is 13.0. The predicted molar refractivity (Wildman–Crippen MR) is 79.9 cm³/mol. The van der Waals surface area contributed by atoms with Crippen molar-refractivity contribution in [2.24, 2.45) is 0 Å². The highest BCUT2D eigenvalue weighted by atomic mass is 32.2. The van der Waals surface area contributed by atoms with Crippen molar-refractivity contribution < 1.29 is 18.3 Å². The van der Waals surface area contributed by atoms with Crippen LogP contribution in [0.5, 0.6) is 0 Å². The molecule has 0 spiro atoms. The molecule has 0 bridgehead atoms. The Labute approximate surface area is 125 Å². The highest BCUT2D eigenvalue weighted by molar-refractivity contribution is 7.89. The van der Waals surface area contributed by atoms with Gasteiger partial charge in [-0.3, -0.25) is 4.79 Å². The van der Waals surface area contributed by atoms with Gasteiger partial charge in [0.2, 0.25) is 10.0 Å². The summed E-state index contributed by atoms with van der Waals surface area (Å²) >= 11 is 0. The van der Waals surface area contributed by atoms with Crippen LogP contribution < -0.4 is 0 Å². The fraction of sp³-hybridized carbons (Fsp3) is 0.533. The van der Waals surface area contributed by atoms with Gasteiger partial charge in [0.25, 0.3) is 0 Å². The molecule has 0 radical (unpaired) electrons. The van der Waals surface area contributed by atoms with Crippen LogP contribution in [0.15, 0.2) is 11.0 Å². The van der Waals surface area contributed by atoms with E-state index in [1.54, 1.807) is 13.8 Å². The standard InChI is InChI=1S/C15H21NO4S/c1-9-7-10(2)12(4)15(11(9)3)21(19,20)16(8-14(17)18)13-5-6-13/h7,13H,5-6,8H2,1-4H3,(H,17,18). The number of aliphatic carboxylic acids is 1. The van der Waals surface area contributed by atoms with E-state index in [2.05, 4.69) is 0 Å². The second kappa shape index (κ2) is 5.42. The van der Waals surface area contributed by atoms with Gasteiger partial charge in [0.1, 0.15) is 6.54 Å². The molecule has 116 valence electrons. The number of carbonyl (C=O) groups is 1. The van der Waals surface area contributed by atoms with Gasteiger partial charge < -0.3 is 5.11 Å². The van der Waals surface area contributed by atoms with Crippen molar-refractivity contribution in [3.63, 3.8) is 0 Å². The van der Waals surface area contributed by atoms with Crippen LogP contribution in [0.1, 0.15) is 35.1 Å². The van der Waals surface area contributed by atoms with Crippen molar-refractivity contribution >= 4 is 16.0 Å². The molecule has 0 saturated heterocycles. The van der Waals surface area contributed by atoms with E-state index in [1.165, 1.54) is 0 Å². The van der Waals surface area contributed by atoms with Gasteiger partial charge in [-0.1, -0.05) is 6.07 Å². The van der Waals surface area contributed by atoms with Crippen molar-refractivity contribution in [1.29, 1.82) is 0 Å². The number of rotatable bonds is 5. The molecule has 1 fully saturated rings. The van der Waals surface area contributed by atoms with Crippen LogP contribution in [-0.2, 0) is 14.8 Å². The van der Waals surface area contributed by atoms with Crippen LogP contribution in [0.2, 0.25) is 0 Å². The fourth-order valence-corrected chi connectivity index (χ4v) is 4.81. The molecule has 0 amide bonds. The third-order valence-electron chi connectivity index (χ3n) is 4.11. The first-order chi connectivity index (χ1) is 9.66. The number of hydrogen-bond acceptors (Lipinski definition) is 3. The Kier molecular flexibility index (Phi) is 4.13. The quantitative estimate of drug-likeness (QED) is 0.904. The highest BCUT2D eigenvalue weighted by Crippen LogP contribution is 2.35. The maximum absolute atomic E-state index is 13.0. The van der Waals surface area contributed by atoms with Crippen LogP contribution >= 0.6 is 0 Å². The monoisotopic (exact) mass is 311 g/mol. The van der Waals surface area contributed by atoms with E-state index < -0.39 is 22.5 Å². The first-order valence-corrected chi connectivity index (χ1v) is 8.41. The highest BCUT2D eigenvalue weighted by Gasteiger charge is 2.40. The van der Waals surface area contributed by atoms with Gasteiger partial charge in [-0.25, -0.2) is 8.42 Å². The Morgan fingerprint density at radius 2 is 1.67 bits per heavy atom. The first kappa shape index (κ1) is 16.0. The summed E-state index contributed by atoms with van der Waals surface area (Å²) in [4.78, 5) is 11.3. The molecule has 1 aliphatic carbocycles. The van der Waals surface area contributed by atoms with E-state index in [-0.39, 0.29) is 10.9 Å². The normalized spacial score (nSPS) is 15.5. The van der Waals surface area contributed by atoms with E-state index >= 15 is 0 Å². The average Bonchev–Trinajstić information content (AvgIpc) is 3.17. The molecule has 0 atom stereocenters. The van der Waals surface area contributed by atoms with Gasteiger partial charge in [0.05, 0.1) is 4.90 Å². The summed E-state index contributed by atoms with van der Waals surface area (Å²) in [6.45, 7) is 6.83. The number of nitrogens with zero attached hydrogens (tertiary/aromatic N) is 1. The Morgan fingerprint density at radius 3 is 2.05 bits per heavy atom. The summed E-state index contributed by atoms with van der Waals surface area (Å²) < 4.78 is 27.1. The lowest BCUT2D eigenvalue weighted by Crippen LogP contribution is -2.38. The zero-order valence-corrected chi connectivity index (χ0v) is 13.6. The Hall–Kier alpha value is -1.40. The summed E-state index contributed by atoms with van der Waals surface area (Å²) in [6, 6.07) is 1.79. The van der Waals surface area contributed by atoms with Crippen molar-refractivity contribution in [2.45, 2.75) is 51.5 Å². The molecule has 6 heteroatoms. The van der Waals surface area contributed by atoms with Crippen LogP contribution in [-0.4, -0.2) is 36.4 Å². The summed E-state index contributed by atoms with van der Waals surface area (Å²) in [5.74, 6) is -1.12. The van der Waals surface area contributed by atoms with Crippen molar-refractivity contribution in [1.82, 2.24) is 4.31 Å². The van der Waals surface area contributed by atoms with Crippen LogP contribution in [0.25, 0.3) is 0 Å². The van der Waals surface area contributed by atoms with E-state index in [0.29, 0.717) is 11.1 Å². The third kappa shape index (κ3) is 2.96. The van der Waals surface area contributed by atoms with Gasteiger partial charge in [-0.05, 0) is 62.8 Å². The molecule has 1 N–H and O–H groups in total. The second-order valence-electron chi connectivity index (χ2n) is 5.76. The number of carboxylic acid groups (broad SMARTS) is 1. The van der Waals surface area contributed by atoms with Gasteiger partial charge in [0, 0.05) is 6.04 Å². The van der Waals surface area contributed by atoms with Gasteiger partial charge >= 0.3 is 5.97 Å². The zero-order valence-electron chi connectivity index (χ0n) is 12.8. The second-order valence-corrected chi connectivity index (χ2v) is 7.59. The van der Waals surface area contributed by atoms with E-state index in [9.17, 15) is 13.2 Å². The lowest BCUT2D eigenvalue weighted by molar-refractivity contribution is -0.137. The topological polar surface area (TPSA) is 74.7 Å². The lowest BCUT2D eigenvalue weighted by Gasteiger charge is -2.24. The minimum absolute atomic E-state index is 0.175. The number of sulfonamides is 1. The Bertz CT molecular complexity index is 664. The minimum atomic E-state index is -3.79. The molecule has 0 unspecified atom stereocenters. The van der Waals surface area contributed by atoms with E-state index in [0.717, 1.165) is 28.3 Å². The smallest absolute Gasteiger partial charge is 0.318 e. The zero-order chi connectivity index (χ0) is 15.9. The molecular weight excluding hydrogens is 290 g/mol. The van der Waals surface area contributed by atoms with Crippen molar-refractivity contribution in [2.75, 3.05) is 6.54 Å². The van der Waals surface area contributed by atoms with Crippen LogP contribution in [0.4, 0.5) is 0 Å². The predicted octanol–water partition coefficient (Wildman–Crippen LogP) is 2.16. The maximum Gasteiger partial charge on any atom is 0.318 e. The molecule has 0 heterocycles. The summed E-state index contributed by atoms with van der Waals surface area (Å²) in [5.41, 5.74) is 3.22. The summed E-state index contributed by atoms with van der Waals surface area (Å²) in [7, 11) is -3.79. The van der Waals surface area contributed by atoms with Gasteiger partial charge in [-0.2, -0.15) is 4.31 Å². The average molecular weight is 311 g/mol. The molecule has 2 rings (SSSR count). The van der Waals surface area contributed by atoms with Gasteiger partial charge in [-0.15, -0.1) is 0 Å². The van der Waals surface area contributed by atoms with Crippen molar-refractivity contribution in [3.05, 3.63) is 28.3 Å². The summed E-state index contributed by atoms with van der Waals surface area (Å²) in [5, 5.41) is 9.01. The lowest BCUT2D eigenvalue weighted by atomic mass is 10.0.